The Balaban J connectivity index is 1.60. The summed E-state index contributed by atoms with van der Waals surface area (Å²) >= 11 is 0. The molecule has 0 saturated heterocycles. The van der Waals surface area contributed by atoms with Crippen molar-refractivity contribution in [2.24, 2.45) is 0 Å². The third kappa shape index (κ3) is 5.57. The summed E-state index contributed by atoms with van der Waals surface area (Å²) in [5.74, 6) is 0.116. The molecule has 152 valence electrons. The van der Waals surface area contributed by atoms with Gasteiger partial charge in [0.1, 0.15) is 0 Å². The van der Waals surface area contributed by atoms with Gasteiger partial charge in [-0.1, -0.05) is 66.7 Å². The Bertz CT molecular complexity index is 1060. The molecule has 0 aliphatic carbocycles. The monoisotopic (exact) mass is 406 g/mol. The van der Waals surface area contributed by atoms with Gasteiger partial charge in [-0.2, -0.15) is 0 Å². The highest BCUT2D eigenvalue weighted by atomic mass is 32.2. The maximum atomic E-state index is 12.1. The highest BCUT2D eigenvalue weighted by Crippen LogP contribution is 2.23. The number of hydrogen-bond donors (Lipinski definition) is 0. The number of rotatable bonds is 7. The Kier molecular flexibility index (Phi) is 6.59. The molecule has 0 heterocycles. The number of sulfone groups is 1. The summed E-state index contributed by atoms with van der Waals surface area (Å²) < 4.78 is 24.1. The normalized spacial score (nSPS) is 11.8. The molecule has 3 rings (SSSR count). The highest BCUT2D eigenvalue weighted by molar-refractivity contribution is 7.91. The van der Waals surface area contributed by atoms with Gasteiger partial charge in [-0.05, 0) is 79.5 Å². The van der Waals surface area contributed by atoms with Crippen molar-refractivity contribution >= 4 is 9.84 Å². The van der Waals surface area contributed by atoms with E-state index in [1.54, 1.807) is 13.8 Å². The third-order valence-electron chi connectivity index (χ3n) is 5.61. The molecule has 0 aliphatic heterocycles. The molecule has 3 heteroatoms. The lowest BCUT2D eigenvalue weighted by atomic mass is 9.98. The Labute approximate surface area is 175 Å². The fourth-order valence-electron chi connectivity index (χ4n) is 3.27. The van der Waals surface area contributed by atoms with E-state index in [-0.39, 0.29) is 11.0 Å². The van der Waals surface area contributed by atoms with Gasteiger partial charge in [-0.15, -0.1) is 0 Å². The van der Waals surface area contributed by atoms with Crippen molar-refractivity contribution in [2.75, 3.05) is 0 Å². The van der Waals surface area contributed by atoms with Crippen LogP contribution in [0.1, 0.15) is 41.7 Å². The van der Waals surface area contributed by atoms with Crippen molar-refractivity contribution in [3.05, 3.63) is 94.5 Å². The van der Waals surface area contributed by atoms with Crippen molar-refractivity contribution in [3.8, 4) is 11.1 Å². The van der Waals surface area contributed by atoms with Crippen LogP contribution < -0.4 is 0 Å². The molecule has 0 spiro atoms. The van der Waals surface area contributed by atoms with Gasteiger partial charge in [0.05, 0.1) is 11.0 Å². The predicted molar refractivity (Wildman–Crippen MR) is 123 cm³/mol. The van der Waals surface area contributed by atoms with Crippen LogP contribution >= 0.6 is 0 Å². The molecule has 0 atom stereocenters. The van der Waals surface area contributed by atoms with Gasteiger partial charge < -0.3 is 0 Å². The van der Waals surface area contributed by atoms with Crippen molar-refractivity contribution in [3.63, 3.8) is 0 Å². The zero-order valence-corrected chi connectivity index (χ0v) is 18.6. The molecule has 0 fully saturated rings. The Morgan fingerprint density at radius 2 is 1.14 bits per heavy atom. The minimum atomic E-state index is -3.05. The van der Waals surface area contributed by atoms with E-state index in [1.165, 1.54) is 33.4 Å². The molecular formula is C26H30O2S. The second-order valence-corrected chi connectivity index (χ2v) is 10.7. The van der Waals surface area contributed by atoms with E-state index in [1.807, 2.05) is 12.1 Å². The molecule has 29 heavy (non-hydrogen) atoms. The maximum Gasteiger partial charge on any atom is 0.156 e. The van der Waals surface area contributed by atoms with E-state index in [9.17, 15) is 8.42 Å². The lowest BCUT2D eigenvalue weighted by molar-refractivity contribution is 0.586. The molecule has 0 aliphatic rings. The van der Waals surface area contributed by atoms with Crippen LogP contribution in [-0.4, -0.2) is 13.7 Å². The van der Waals surface area contributed by atoms with Crippen LogP contribution in [0.4, 0.5) is 0 Å². The Hall–Kier alpha value is -2.39. The zero-order chi connectivity index (χ0) is 21.0. The highest BCUT2D eigenvalue weighted by Gasteiger charge is 2.16. The number of aryl methyl sites for hydroxylation is 4. The Morgan fingerprint density at radius 1 is 0.655 bits per heavy atom. The lowest BCUT2D eigenvalue weighted by Crippen LogP contribution is -2.15. The molecule has 0 radical (unpaired) electrons. The average Bonchev–Trinajstić information content (AvgIpc) is 2.69. The molecule has 0 amide bonds. The second kappa shape index (κ2) is 8.96. The second-order valence-electron chi connectivity index (χ2n) is 8.17. The zero-order valence-electron chi connectivity index (χ0n) is 17.8. The molecule has 0 bridgehead atoms. The van der Waals surface area contributed by atoms with E-state index >= 15 is 0 Å². The van der Waals surface area contributed by atoms with Gasteiger partial charge in [0.15, 0.2) is 9.84 Å². The van der Waals surface area contributed by atoms with Crippen molar-refractivity contribution in [1.82, 2.24) is 0 Å². The van der Waals surface area contributed by atoms with E-state index in [2.05, 4.69) is 68.4 Å². The molecule has 3 aromatic carbocycles. The van der Waals surface area contributed by atoms with E-state index in [0.717, 1.165) is 18.4 Å². The molecule has 0 saturated carbocycles. The standard InChI is InChI=1S/C26H30O2S/c1-19(2)29(27,28)18-24-10-8-22(9-11-24)6-7-23-12-15-25(16-13-23)26-14-5-20(3)21(4)17-26/h5,8-17,19H,6-7,18H2,1-4H3. The van der Waals surface area contributed by atoms with Crippen molar-refractivity contribution < 1.29 is 8.42 Å². The summed E-state index contributed by atoms with van der Waals surface area (Å²) in [7, 11) is -3.05. The smallest absolute Gasteiger partial charge is 0.156 e. The topological polar surface area (TPSA) is 34.1 Å². The first-order valence-electron chi connectivity index (χ1n) is 10.2. The van der Waals surface area contributed by atoms with Crippen molar-refractivity contribution in [1.29, 1.82) is 0 Å². The molecular weight excluding hydrogens is 376 g/mol. The SMILES string of the molecule is Cc1ccc(-c2ccc(CCc3ccc(CS(=O)(=O)C(C)C)cc3)cc2)cc1C. The molecule has 0 aromatic heterocycles. The van der Waals surface area contributed by atoms with Crippen LogP contribution in [0.2, 0.25) is 0 Å². The Morgan fingerprint density at radius 3 is 1.66 bits per heavy atom. The first kappa shape index (κ1) is 21.3. The van der Waals surface area contributed by atoms with Gasteiger partial charge >= 0.3 is 0 Å². The largest absolute Gasteiger partial charge is 0.228 e. The summed E-state index contributed by atoms with van der Waals surface area (Å²) in [5, 5.41) is -0.339. The molecule has 0 N–H and O–H groups in total. The fourth-order valence-corrected chi connectivity index (χ4v) is 4.27. The molecule has 0 unspecified atom stereocenters. The van der Waals surface area contributed by atoms with Gasteiger partial charge in [0.25, 0.3) is 0 Å². The summed E-state index contributed by atoms with van der Waals surface area (Å²) in [6.45, 7) is 7.75. The predicted octanol–water partition coefficient (Wildman–Crippen LogP) is 6.08. The number of benzene rings is 3. The first-order valence-corrected chi connectivity index (χ1v) is 11.9. The quantitative estimate of drug-likeness (QED) is 0.476. The van der Waals surface area contributed by atoms with E-state index in [4.69, 9.17) is 0 Å². The van der Waals surface area contributed by atoms with Crippen LogP contribution in [0.5, 0.6) is 0 Å². The van der Waals surface area contributed by atoms with Crippen LogP contribution in [0.25, 0.3) is 11.1 Å². The van der Waals surface area contributed by atoms with Crippen LogP contribution in [-0.2, 0) is 28.4 Å². The third-order valence-corrected chi connectivity index (χ3v) is 7.78. The minimum absolute atomic E-state index is 0.116. The van der Waals surface area contributed by atoms with Crippen molar-refractivity contribution in [2.45, 2.75) is 51.5 Å². The molecule has 3 aromatic rings. The van der Waals surface area contributed by atoms with Gasteiger partial charge in [0.2, 0.25) is 0 Å². The van der Waals surface area contributed by atoms with Crippen LogP contribution in [0.3, 0.4) is 0 Å². The minimum Gasteiger partial charge on any atom is -0.228 e. The molecule has 2 nitrogen and oxygen atoms in total. The maximum absolute atomic E-state index is 12.1. The van der Waals surface area contributed by atoms with Gasteiger partial charge in [-0.3, -0.25) is 0 Å². The first-order chi connectivity index (χ1) is 13.7. The fraction of sp³-hybridized carbons (Fsp3) is 0.308. The van der Waals surface area contributed by atoms with Gasteiger partial charge in [0, 0.05) is 0 Å². The van der Waals surface area contributed by atoms with E-state index < -0.39 is 9.84 Å². The average molecular weight is 407 g/mol. The number of hydrogen-bond acceptors (Lipinski definition) is 2. The van der Waals surface area contributed by atoms with E-state index in [0.29, 0.717) is 0 Å². The van der Waals surface area contributed by atoms with Gasteiger partial charge in [-0.25, -0.2) is 8.42 Å². The summed E-state index contributed by atoms with van der Waals surface area (Å²) in [6.07, 6.45) is 1.91. The summed E-state index contributed by atoms with van der Waals surface area (Å²) in [5.41, 5.74) is 8.53. The lowest BCUT2D eigenvalue weighted by Gasteiger charge is -2.09. The van der Waals surface area contributed by atoms with Crippen LogP contribution in [0.15, 0.2) is 66.7 Å². The summed E-state index contributed by atoms with van der Waals surface area (Å²) in [4.78, 5) is 0. The summed E-state index contributed by atoms with van der Waals surface area (Å²) in [6, 6.07) is 23.4. The van der Waals surface area contributed by atoms with Crippen LogP contribution in [0, 0.1) is 13.8 Å².